The summed E-state index contributed by atoms with van der Waals surface area (Å²) < 4.78 is 1.59. The number of rotatable bonds is 3. The Balaban J connectivity index is 2.13. The van der Waals surface area contributed by atoms with Crippen LogP contribution in [0.15, 0.2) is 18.5 Å². The molecule has 0 saturated heterocycles. The van der Waals surface area contributed by atoms with Gasteiger partial charge in [0.1, 0.15) is 12.1 Å². The van der Waals surface area contributed by atoms with Crippen molar-refractivity contribution >= 4 is 11.7 Å². The summed E-state index contributed by atoms with van der Waals surface area (Å²) >= 11 is 0. The molecule has 2 heterocycles. The lowest BCUT2D eigenvalue weighted by molar-refractivity contribution is 0.0949. The van der Waals surface area contributed by atoms with E-state index in [9.17, 15) is 4.79 Å². The van der Waals surface area contributed by atoms with E-state index >= 15 is 0 Å². The van der Waals surface area contributed by atoms with Crippen LogP contribution in [-0.2, 0) is 19.0 Å². The van der Waals surface area contributed by atoms with Crippen molar-refractivity contribution in [1.82, 2.24) is 25.1 Å². The number of pyridine rings is 1. The van der Waals surface area contributed by atoms with Gasteiger partial charge < -0.3 is 11.1 Å². The summed E-state index contributed by atoms with van der Waals surface area (Å²) in [7, 11) is 1.78. The molecular weight excluding hydrogens is 268 g/mol. The standard InChI is InChI=1S/C14H20N6O/c1-14(2,3)10-5-9(6-11(15)18-10)13(21)16-7-12-17-8-20(4)19-12/h5-6,8H,7H2,1-4H3,(H2,15,18)(H,16,21). The molecule has 0 radical (unpaired) electrons. The van der Waals surface area contributed by atoms with E-state index < -0.39 is 0 Å². The molecule has 2 aromatic heterocycles. The van der Waals surface area contributed by atoms with Crippen LogP contribution in [0, 0.1) is 0 Å². The zero-order valence-corrected chi connectivity index (χ0v) is 12.7. The number of nitrogen functional groups attached to an aromatic ring is 1. The first kappa shape index (κ1) is 15.0. The molecule has 0 aliphatic carbocycles. The highest BCUT2D eigenvalue weighted by Gasteiger charge is 2.18. The zero-order chi connectivity index (χ0) is 15.6. The van der Waals surface area contributed by atoms with Crippen LogP contribution in [0.1, 0.15) is 42.6 Å². The second-order valence-electron chi connectivity index (χ2n) is 5.93. The van der Waals surface area contributed by atoms with Gasteiger partial charge in [0.25, 0.3) is 5.91 Å². The van der Waals surface area contributed by atoms with Crippen molar-refractivity contribution in [3.8, 4) is 0 Å². The number of carbonyl (C=O) groups is 1. The highest BCUT2D eigenvalue weighted by molar-refractivity contribution is 5.94. The highest BCUT2D eigenvalue weighted by Crippen LogP contribution is 2.22. The summed E-state index contributed by atoms with van der Waals surface area (Å²) in [5.74, 6) is 0.675. The molecule has 2 rings (SSSR count). The lowest BCUT2D eigenvalue weighted by Gasteiger charge is -2.19. The maximum Gasteiger partial charge on any atom is 0.251 e. The maximum atomic E-state index is 12.2. The average Bonchev–Trinajstić information content (AvgIpc) is 2.80. The Hall–Kier alpha value is -2.44. The molecule has 112 valence electrons. The molecule has 0 atom stereocenters. The first-order chi connectivity index (χ1) is 9.75. The van der Waals surface area contributed by atoms with E-state index in [0.717, 1.165) is 5.69 Å². The SMILES string of the molecule is Cn1cnc(CNC(=O)c2cc(N)nc(C(C)(C)C)c2)n1. The molecule has 0 aromatic carbocycles. The molecule has 21 heavy (non-hydrogen) atoms. The lowest BCUT2D eigenvalue weighted by atomic mass is 9.90. The summed E-state index contributed by atoms with van der Waals surface area (Å²) in [5.41, 5.74) is 6.88. The molecule has 0 spiro atoms. The van der Waals surface area contributed by atoms with Crippen LogP contribution in [0.4, 0.5) is 5.82 Å². The Bertz CT molecular complexity index is 656. The van der Waals surface area contributed by atoms with E-state index in [1.165, 1.54) is 0 Å². The van der Waals surface area contributed by atoms with Crippen molar-refractivity contribution in [2.45, 2.75) is 32.7 Å². The quantitative estimate of drug-likeness (QED) is 0.878. The number of nitrogens with two attached hydrogens (primary N) is 1. The molecule has 1 amide bonds. The van der Waals surface area contributed by atoms with Gasteiger partial charge in [0.2, 0.25) is 0 Å². The minimum atomic E-state index is -0.220. The van der Waals surface area contributed by atoms with Gasteiger partial charge in [-0.15, -0.1) is 0 Å². The van der Waals surface area contributed by atoms with E-state index in [4.69, 9.17) is 5.73 Å². The van der Waals surface area contributed by atoms with Crippen LogP contribution in [0.25, 0.3) is 0 Å². The van der Waals surface area contributed by atoms with Crippen LogP contribution >= 0.6 is 0 Å². The molecule has 0 aliphatic rings. The highest BCUT2D eigenvalue weighted by atomic mass is 16.1. The predicted octanol–water partition coefficient (Wildman–Crippen LogP) is 1.02. The van der Waals surface area contributed by atoms with Crippen LogP contribution in [-0.4, -0.2) is 25.7 Å². The number of anilines is 1. The van der Waals surface area contributed by atoms with Crippen molar-refractivity contribution in [3.05, 3.63) is 35.5 Å². The van der Waals surface area contributed by atoms with Crippen molar-refractivity contribution in [1.29, 1.82) is 0 Å². The molecule has 0 bridgehead atoms. The summed E-state index contributed by atoms with van der Waals surface area (Å²) in [6, 6.07) is 3.33. The van der Waals surface area contributed by atoms with E-state index in [1.54, 1.807) is 30.2 Å². The first-order valence-corrected chi connectivity index (χ1v) is 6.66. The van der Waals surface area contributed by atoms with Gasteiger partial charge in [-0.3, -0.25) is 9.48 Å². The number of nitrogens with one attached hydrogen (secondary N) is 1. The van der Waals surface area contributed by atoms with Gasteiger partial charge in [0.15, 0.2) is 5.82 Å². The Morgan fingerprint density at radius 3 is 2.67 bits per heavy atom. The third-order valence-corrected chi connectivity index (χ3v) is 2.93. The normalized spacial score (nSPS) is 11.4. The van der Waals surface area contributed by atoms with Gasteiger partial charge in [0, 0.05) is 23.7 Å². The molecule has 0 unspecified atom stereocenters. The van der Waals surface area contributed by atoms with Crippen LogP contribution in [0.2, 0.25) is 0 Å². The molecule has 0 fully saturated rings. The molecule has 2 aromatic rings. The predicted molar refractivity (Wildman–Crippen MR) is 79.5 cm³/mol. The second kappa shape index (κ2) is 5.51. The largest absolute Gasteiger partial charge is 0.384 e. The summed E-state index contributed by atoms with van der Waals surface area (Å²) in [4.78, 5) is 20.5. The van der Waals surface area contributed by atoms with Crippen LogP contribution in [0.5, 0.6) is 0 Å². The van der Waals surface area contributed by atoms with Gasteiger partial charge in [-0.2, -0.15) is 5.10 Å². The zero-order valence-electron chi connectivity index (χ0n) is 12.7. The monoisotopic (exact) mass is 288 g/mol. The molecule has 0 saturated carbocycles. The van der Waals surface area contributed by atoms with Crippen LogP contribution < -0.4 is 11.1 Å². The number of aryl methyl sites for hydroxylation is 1. The Morgan fingerprint density at radius 1 is 1.38 bits per heavy atom. The van der Waals surface area contributed by atoms with Gasteiger partial charge in [-0.25, -0.2) is 9.97 Å². The minimum absolute atomic E-state index is 0.174. The van der Waals surface area contributed by atoms with Crippen molar-refractivity contribution < 1.29 is 4.79 Å². The number of nitrogens with zero attached hydrogens (tertiary/aromatic N) is 4. The van der Waals surface area contributed by atoms with Crippen molar-refractivity contribution in [3.63, 3.8) is 0 Å². The number of aromatic nitrogens is 4. The lowest BCUT2D eigenvalue weighted by Crippen LogP contribution is -2.25. The first-order valence-electron chi connectivity index (χ1n) is 6.66. The third-order valence-electron chi connectivity index (χ3n) is 2.93. The fourth-order valence-electron chi connectivity index (χ4n) is 1.79. The Labute approximate surface area is 123 Å². The molecule has 7 heteroatoms. The number of carbonyl (C=O) groups excluding carboxylic acids is 1. The van der Waals surface area contributed by atoms with E-state index in [-0.39, 0.29) is 17.9 Å². The molecule has 0 aliphatic heterocycles. The van der Waals surface area contributed by atoms with Crippen LogP contribution in [0.3, 0.4) is 0 Å². The van der Waals surface area contributed by atoms with Crippen molar-refractivity contribution in [2.24, 2.45) is 7.05 Å². The molecule has 7 nitrogen and oxygen atoms in total. The third kappa shape index (κ3) is 3.77. The molecule has 3 N–H and O–H groups in total. The van der Waals surface area contributed by atoms with E-state index in [0.29, 0.717) is 17.2 Å². The van der Waals surface area contributed by atoms with Gasteiger partial charge in [-0.05, 0) is 12.1 Å². The van der Waals surface area contributed by atoms with Gasteiger partial charge in [0.05, 0.1) is 6.54 Å². The van der Waals surface area contributed by atoms with E-state index in [1.807, 2.05) is 20.8 Å². The number of hydrogen-bond donors (Lipinski definition) is 2. The molecular formula is C14H20N6O. The summed E-state index contributed by atoms with van der Waals surface area (Å²) in [6.07, 6.45) is 1.59. The fraction of sp³-hybridized carbons (Fsp3) is 0.429. The smallest absolute Gasteiger partial charge is 0.251 e. The average molecular weight is 288 g/mol. The summed E-state index contributed by atoms with van der Waals surface area (Å²) in [5, 5.41) is 6.88. The second-order valence-corrected chi connectivity index (χ2v) is 5.93. The van der Waals surface area contributed by atoms with E-state index in [2.05, 4.69) is 20.4 Å². The maximum absolute atomic E-state index is 12.2. The van der Waals surface area contributed by atoms with Crippen molar-refractivity contribution in [2.75, 3.05) is 5.73 Å². The summed E-state index contributed by atoms with van der Waals surface area (Å²) in [6.45, 7) is 6.34. The topological polar surface area (TPSA) is 98.7 Å². The Kier molecular flexibility index (Phi) is 3.93. The number of hydrogen-bond acceptors (Lipinski definition) is 5. The minimum Gasteiger partial charge on any atom is -0.384 e. The number of amides is 1. The van der Waals surface area contributed by atoms with Gasteiger partial charge >= 0.3 is 0 Å². The Morgan fingerprint density at radius 2 is 2.10 bits per heavy atom. The fourth-order valence-corrected chi connectivity index (χ4v) is 1.79. The van der Waals surface area contributed by atoms with Gasteiger partial charge in [-0.1, -0.05) is 20.8 Å².